The molecule has 2 N–H and O–H groups in total. The van der Waals surface area contributed by atoms with Crippen molar-refractivity contribution in [1.29, 1.82) is 0 Å². The van der Waals surface area contributed by atoms with Crippen molar-refractivity contribution in [3.63, 3.8) is 0 Å². The summed E-state index contributed by atoms with van der Waals surface area (Å²) in [6.45, 7) is 0.337. The van der Waals surface area contributed by atoms with Crippen molar-refractivity contribution in [2.75, 3.05) is 11.9 Å². The summed E-state index contributed by atoms with van der Waals surface area (Å²) in [5.41, 5.74) is 0.624. The lowest BCUT2D eigenvalue weighted by molar-refractivity contribution is 0.248. The summed E-state index contributed by atoms with van der Waals surface area (Å²) in [5.74, 6) is 1.40. The molecule has 2 aliphatic rings. The van der Waals surface area contributed by atoms with Gasteiger partial charge in [0, 0.05) is 28.5 Å². The lowest BCUT2D eigenvalue weighted by Crippen LogP contribution is -2.32. The molecule has 0 radical (unpaired) electrons. The van der Waals surface area contributed by atoms with Crippen LogP contribution in [0.1, 0.15) is 11.5 Å². The van der Waals surface area contributed by atoms with Crippen molar-refractivity contribution in [2.45, 2.75) is 12.0 Å². The Labute approximate surface area is 177 Å². The van der Waals surface area contributed by atoms with Crippen LogP contribution < -0.4 is 20.1 Å². The number of para-hydroxylation sites is 1. The fourth-order valence-corrected chi connectivity index (χ4v) is 4.08. The Kier molecular flexibility index (Phi) is 4.67. The number of fused-ring (bicyclic) bond motifs is 3. The summed E-state index contributed by atoms with van der Waals surface area (Å²) < 4.78 is 25.2. The van der Waals surface area contributed by atoms with E-state index >= 15 is 0 Å². The van der Waals surface area contributed by atoms with Crippen LogP contribution in [0, 0.1) is 11.7 Å². The second-order valence-electron chi connectivity index (χ2n) is 7.19. The molecular formula is C22H17ClFN3O3. The molecule has 8 heteroatoms. The van der Waals surface area contributed by atoms with E-state index in [0.717, 1.165) is 0 Å². The zero-order valence-electron chi connectivity index (χ0n) is 15.6. The number of carbonyl (C=O) groups is 1. The Hall–Kier alpha value is -3.32. The van der Waals surface area contributed by atoms with Gasteiger partial charge in [0.25, 0.3) is 0 Å². The molecule has 1 aromatic heterocycles. The van der Waals surface area contributed by atoms with Gasteiger partial charge in [-0.2, -0.15) is 0 Å². The number of ether oxygens (including phenoxy) is 2. The number of rotatable bonds is 4. The maximum atomic E-state index is 14.0. The molecular weight excluding hydrogens is 409 g/mol. The zero-order chi connectivity index (χ0) is 20.7. The van der Waals surface area contributed by atoms with Crippen LogP contribution in [0.5, 0.6) is 17.2 Å². The number of carbonyl (C=O) groups excluding carboxylic acids is 1. The summed E-state index contributed by atoms with van der Waals surface area (Å²) in [7, 11) is 0. The fourth-order valence-electron chi connectivity index (χ4n) is 3.80. The molecule has 3 atom stereocenters. The largest absolute Gasteiger partial charge is 0.490 e. The normalized spacial score (nSPS) is 20.9. The molecule has 2 aromatic carbocycles. The number of nitrogens with one attached hydrogen (secondary N) is 2. The average molecular weight is 426 g/mol. The molecule has 5 rings (SSSR count). The Bertz CT molecular complexity index is 1090. The predicted molar refractivity (Wildman–Crippen MR) is 110 cm³/mol. The molecule has 0 saturated heterocycles. The number of halogens is 2. The first-order valence-corrected chi connectivity index (χ1v) is 9.85. The van der Waals surface area contributed by atoms with E-state index in [0.29, 0.717) is 34.5 Å². The highest BCUT2D eigenvalue weighted by Crippen LogP contribution is 2.56. The van der Waals surface area contributed by atoms with E-state index in [1.54, 1.807) is 12.1 Å². The number of benzene rings is 2. The molecule has 0 bridgehead atoms. The molecule has 30 heavy (non-hydrogen) atoms. The Morgan fingerprint density at radius 3 is 2.73 bits per heavy atom. The number of nitrogens with zero attached hydrogens (tertiary/aromatic N) is 1. The minimum absolute atomic E-state index is 0.0580. The second kappa shape index (κ2) is 7.50. The maximum absolute atomic E-state index is 14.0. The van der Waals surface area contributed by atoms with Gasteiger partial charge < -0.3 is 14.8 Å². The van der Waals surface area contributed by atoms with Crippen LogP contribution in [0.2, 0.25) is 5.02 Å². The van der Waals surface area contributed by atoms with Crippen LogP contribution >= 0.6 is 11.6 Å². The van der Waals surface area contributed by atoms with Crippen LogP contribution in [-0.4, -0.2) is 23.7 Å². The van der Waals surface area contributed by atoms with E-state index in [1.165, 1.54) is 18.3 Å². The Morgan fingerprint density at radius 2 is 1.97 bits per heavy atom. The summed E-state index contributed by atoms with van der Waals surface area (Å²) in [5, 5.41) is 6.05. The van der Waals surface area contributed by atoms with Crippen molar-refractivity contribution in [3.05, 3.63) is 77.2 Å². The molecule has 1 aliphatic heterocycles. The van der Waals surface area contributed by atoms with Crippen LogP contribution in [0.15, 0.2) is 60.8 Å². The van der Waals surface area contributed by atoms with E-state index in [-0.39, 0.29) is 23.6 Å². The number of pyridine rings is 1. The van der Waals surface area contributed by atoms with E-state index in [4.69, 9.17) is 21.1 Å². The smallest absolute Gasteiger partial charge is 0.320 e. The summed E-state index contributed by atoms with van der Waals surface area (Å²) in [6.07, 6.45) is 1.53. The van der Waals surface area contributed by atoms with Gasteiger partial charge in [0.15, 0.2) is 11.6 Å². The van der Waals surface area contributed by atoms with Gasteiger partial charge in [-0.15, -0.1) is 0 Å². The molecule has 3 aromatic rings. The number of amides is 2. The molecule has 1 aliphatic carbocycles. The molecule has 2 amide bonds. The number of urea groups is 1. The SMILES string of the molecule is O=C(Nc1ccc(Oc2ccccc2)cn1)N[C@@H]1[C@@H]2COc3c(F)ccc(Cl)c3[C@@H]21. The Balaban J connectivity index is 1.21. The first-order chi connectivity index (χ1) is 14.6. The van der Waals surface area contributed by atoms with E-state index in [2.05, 4.69) is 15.6 Å². The third-order valence-corrected chi connectivity index (χ3v) is 5.60. The van der Waals surface area contributed by atoms with Gasteiger partial charge in [0.05, 0.1) is 12.8 Å². The van der Waals surface area contributed by atoms with Gasteiger partial charge in [0.1, 0.15) is 17.3 Å². The summed E-state index contributed by atoms with van der Waals surface area (Å²) >= 11 is 6.24. The predicted octanol–water partition coefficient (Wildman–Crippen LogP) is 4.96. The first-order valence-electron chi connectivity index (χ1n) is 9.47. The van der Waals surface area contributed by atoms with Crippen LogP contribution in [0.4, 0.5) is 15.0 Å². The highest BCUT2D eigenvalue weighted by atomic mass is 35.5. The Morgan fingerprint density at radius 1 is 1.13 bits per heavy atom. The van der Waals surface area contributed by atoms with Gasteiger partial charge in [-0.05, 0) is 36.4 Å². The maximum Gasteiger partial charge on any atom is 0.320 e. The molecule has 0 unspecified atom stereocenters. The molecule has 1 fully saturated rings. The number of aromatic nitrogens is 1. The van der Waals surface area contributed by atoms with Crippen LogP contribution in [0.3, 0.4) is 0 Å². The van der Waals surface area contributed by atoms with Crippen molar-refractivity contribution in [1.82, 2.24) is 10.3 Å². The lowest BCUT2D eigenvalue weighted by atomic mass is 10.1. The minimum Gasteiger partial charge on any atom is -0.490 e. The molecule has 2 heterocycles. The zero-order valence-corrected chi connectivity index (χ0v) is 16.4. The van der Waals surface area contributed by atoms with Gasteiger partial charge in [-0.3, -0.25) is 5.32 Å². The second-order valence-corrected chi connectivity index (χ2v) is 7.60. The van der Waals surface area contributed by atoms with Crippen molar-refractivity contribution in [2.24, 2.45) is 5.92 Å². The average Bonchev–Trinajstić information content (AvgIpc) is 3.45. The fraction of sp³-hybridized carbons (Fsp3) is 0.182. The highest BCUT2D eigenvalue weighted by Gasteiger charge is 2.57. The van der Waals surface area contributed by atoms with Gasteiger partial charge >= 0.3 is 6.03 Å². The third kappa shape index (κ3) is 3.52. The lowest BCUT2D eigenvalue weighted by Gasteiger charge is -2.17. The third-order valence-electron chi connectivity index (χ3n) is 5.27. The van der Waals surface area contributed by atoms with Crippen molar-refractivity contribution < 1.29 is 18.7 Å². The first kappa shape index (κ1) is 18.7. The minimum atomic E-state index is -0.440. The molecule has 0 spiro atoms. The van der Waals surface area contributed by atoms with E-state index in [9.17, 15) is 9.18 Å². The molecule has 6 nitrogen and oxygen atoms in total. The van der Waals surface area contributed by atoms with Crippen molar-refractivity contribution >= 4 is 23.4 Å². The van der Waals surface area contributed by atoms with Crippen LogP contribution in [0.25, 0.3) is 0 Å². The topological polar surface area (TPSA) is 72.5 Å². The number of hydrogen-bond acceptors (Lipinski definition) is 4. The van der Waals surface area contributed by atoms with E-state index in [1.807, 2.05) is 30.3 Å². The van der Waals surface area contributed by atoms with Crippen molar-refractivity contribution in [3.8, 4) is 17.2 Å². The molecule has 152 valence electrons. The number of hydrogen-bond donors (Lipinski definition) is 2. The van der Waals surface area contributed by atoms with Gasteiger partial charge in [0.2, 0.25) is 0 Å². The standard InChI is InChI=1S/C22H17ClFN3O3/c23-15-7-8-16(24)21-19(15)18-14(11-29-21)20(18)27-22(28)26-17-9-6-13(10-25-17)30-12-4-2-1-3-5-12/h1-10,14,18,20H,11H2,(H2,25,26,27,28)/t14-,18-,20-/m1/s1. The quantitative estimate of drug-likeness (QED) is 0.619. The molecule has 1 saturated carbocycles. The van der Waals surface area contributed by atoms with E-state index < -0.39 is 11.8 Å². The van der Waals surface area contributed by atoms with Gasteiger partial charge in [-0.1, -0.05) is 29.8 Å². The highest BCUT2D eigenvalue weighted by molar-refractivity contribution is 6.31. The summed E-state index contributed by atoms with van der Waals surface area (Å²) in [6, 6.07) is 15.0. The monoisotopic (exact) mass is 425 g/mol. The summed E-state index contributed by atoms with van der Waals surface area (Å²) in [4.78, 5) is 16.6. The van der Waals surface area contributed by atoms with Gasteiger partial charge in [-0.25, -0.2) is 14.2 Å². The van der Waals surface area contributed by atoms with Crippen LogP contribution in [-0.2, 0) is 0 Å². The number of anilines is 1.